The van der Waals surface area contributed by atoms with E-state index >= 15 is 0 Å². The quantitative estimate of drug-likeness (QED) is 0.520. The van der Waals surface area contributed by atoms with E-state index in [2.05, 4.69) is 5.32 Å². The summed E-state index contributed by atoms with van der Waals surface area (Å²) in [6, 6.07) is 4.11. The van der Waals surface area contributed by atoms with Crippen LogP contribution in [0.4, 0.5) is 10.5 Å². The number of carbonyl (C=O) groups is 2. The van der Waals surface area contributed by atoms with Crippen molar-refractivity contribution in [2.24, 2.45) is 0 Å². The van der Waals surface area contributed by atoms with E-state index in [4.69, 9.17) is 9.47 Å². The van der Waals surface area contributed by atoms with Gasteiger partial charge in [0.15, 0.2) is 0 Å². The van der Waals surface area contributed by atoms with Gasteiger partial charge in [0.25, 0.3) is 5.69 Å². The van der Waals surface area contributed by atoms with Crippen molar-refractivity contribution in [3.8, 4) is 5.75 Å². The summed E-state index contributed by atoms with van der Waals surface area (Å²) in [4.78, 5) is 33.3. The first-order valence-electron chi connectivity index (χ1n) is 6.54. The Balaban J connectivity index is 2.55. The third-order valence-electron chi connectivity index (χ3n) is 2.35. The minimum absolute atomic E-state index is 0.116. The molecule has 0 aliphatic rings. The minimum Gasteiger partial charge on any atom is -0.458 e. The highest BCUT2D eigenvalue weighted by atomic mass is 16.6. The number of esters is 1. The van der Waals surface area contributed by atoms with Gasteiger partial charge >= 0.3 is 12.1 Å². The first kappa shape index (κ1) is 17.4. The molecule has 1 rings (SSSR count). The average molecular weight is 310 g/mol. The van der Waals surface area contributed by atoms with E-state index in [-0.39, 0.29) is 11.4 Å². The van der Waals surface area contributed by atoms with Gasteiger partial charge < -0.3 is 14.8 Å². The second-order valence-electron chi connectivity index (χ2n) is 5.54. The van der Waals surface area contributed by atoms with Gasteiger partial charge in [-0.3, -0.25) is 10.1 Å². The van der Waals surface area contributed by atoms with E-state index < -0.39 is 28.6 Å². The molecule has 0 fully saturated rings. The summed E-state index contributed by atoms with van der Waals surface area (Å²) in [6.45, 7) is 6.61. The molecule has 0 aliphatic heterocycles. The predicted octanol–water partition coefficient (Wildman–Crippen LogP) is 2.41. The average Bonchev–Trinajstić information content (AvgIpc) is 2.37. The molecule has 0 saturated carbocycles. The lowest BCUT2D eigenvalue weighted by Gasteiger charge is -2.22. The molecule has 1 atom stereocenters. The number of amides is 1. The van der Waals surface area contributed by atoms with Crippen molar-refractivity contribution in [2.75, 3.05) is 0 Å². The number of nitro groups is 1. The molecule has 1 aromatic carbocycles. The van der Waals surface area contributed by atoms with Crippen molar-refractivity contribution < 1.29 is 24.0 Å². The van der Waals surface area contributed by atoms with Gasteiger partial charge in [-0.05, 0) is 39.8 Å². The molecular formula is C14H18N2O6. The minimum atomic E-state index is -0.884. The first-order valence-corrected chi connectivity index (χ1v) is 6.54. The molecule has 1 aromatic rings. The van der Waals surface area contributed by atoms with Gasteiger partial charge in [-0.25, -0.2) is 9.59 Å². The molecule has 120 valence electrons. The van der Waals surface area contributed by atoms with Crippen LogP contribution in [0.3, 0.4) is 0 Å². The SMILES string of the molecule is C[C@H](NC(=O)Oc1ccc([N+](=O)[O-])cc1)C(=O)OC(C)(C)C. The van der Waals surface area contributed by atoms with E-state index in [0.717, 1.165) is 0 Å². The standard InChI is InChI=1S/C14H18N2O6/c1-9(12(17)22-14(2,3)4)15-13(18)21-11-7-5-10(6-8-11)16(19)20/h5-9H,1-4H3,(H,15,18)/t9-/m0/s1. The molecule has 0 saturated heterocycles. The zero-order valence-electron chi connectivity index (χ0n) is 12.8. The zero-order chi connectivity index (χ0) is 16.9. The van der Waals surface area contributed by atoms with Gasteiger partial charge in [-0.2, -0.15) is 0 Å². The molecule has 22 heavy (non-hydrogen) atoms. The summed E-state index contributed by atoms with van der Waals surface area (Å²) in [6.07, 6.45) is -0.854. The van der Waals surface area contributed by atoms with Crippen LogP contribution in [-0.4, -0.2) is 28.6 Å². The third kappa shape index (κ3) is 5.78. The first-order chi connectivity index (χ1) is 10.1. The van der Waals surface area contributed by atoms with Crippen LogP contribution in [0.5, 0.6) is 5.75 Å². The van der Waals surface area contributed by atoms with Gasteiger partial charge in [0.05, 0.1) is 4.92 Å². The van der Waals surface area contributed by atoms with Gasteiger partial charge in [0.2, 0.25) is 0 Å². The molecule has 0 unspecified atom stereocenters. The predicted molar refractivity (Wildman–Crippen MR) is 77.6 cm³/mol. The molecule has 8 nitrogen and oxygen atoms in total. The second-order valence-corrected chi connectivity index (χ2v) is 5.54. The van der Waals surface area contributed by atoms with Gasteiger partial charge in [-0.15, -0.1) is 0 Å². The van der Waals surface area contributed by atoms with Crippen molar-refractivity contribution in [1.82, 2.24) is 5.32 Å². The number of nitro benzene ring substituents is 1. The number of nitrogens with zero attached hydrogens (tertiary/aromatic N) is 1. The number of non-ortho nitro benzene ring substituents is 1. The maximum atomic E-state index is 11.7. The number of hydrogen-bond acceptors (Lipinski definition) is 6. The van der Waals surface area contributed by atoms with Crippen molar-refractivity contribution in [3.63, 3.8) is 0 Å². The largest absolute Gasteiger partial charge is 0.458 e. The molecule has 1 N–H and O–H groups in total. The van der Waals surface area contributed by atoms with E-state index in [1.807, 2.05) is 0 Å². The molecule has 0 heterocycles. The van der Waals surface area contributed by atoms with Crippen LogP contribution in [0.1, 0.15) is 27.7 Å². The van der Waals surface area contributed by atoms with Crippen molar-refractivity contribution in [2.45, 2.75) is 39.3 Å². The molecule has 0 bridgehead atoms. The van der Waals surface area contributed by atoms with Crippen LogP contribution in [-0.2, 0) is 9.53 Å². The van der Waals surface area contributed by atoms with Crippen molar-refractivity contribution >= 4 is 17.7 Å². The van der Waals surface area contributed by atoms with Gasteiger partial charge in [-0.1, -0.05) is 0 Å². The molecule has 8 heteroatoms. The smallest absolute Gasteiger partial charge is 0.413 e. The fraction of sp³-hybridized carbons (Fsp3) is 0.429. The van der Waals surface area contributed by atoms with E-state index in [1.54, 1.807) is 20.8 Å². The van der Waals surface area contributed by atoms with Crippen LogP contribution in [0.15, 0.2) is 24.3 Å². The second kappa shape index (κ2) is 6.88. The van der Waals surface area contributed by atoms with Crippen molar-refractivity contribution in [3.05, 3.63) is 34.4 Å². The third-order valence-corrected chi connectivity index (χ3v) is 2.35. The van der Waals surface area contributed by atoms with Crippen LogP contribution in [0.25, 0.3) is 0 Å². The molecule has 0 aromatic heterocycles. The monoisotopic (exact) mass is 310 g/mol. The number of benzene rings is 1. The Morgan fingerprint density at radius 1 is 1.23 bits per heavy atom. The maximum Gasteiger partial charge on any atom is 0.413 e. The van der Waals surface area contributed by atoms with Crippen LogP contribution in [0.2, 0.25) is 0 Å². The highest BCUT2D eigenvalue weighted by Gasteiger charge is 2.23. The van der Waals surface area contributed by atoms with E-state index in [9.17, 15) is 19.7 Å². The molecule has 1 amide bonds. The lowest BCUT2D eigenvalue weighted by molar-refractivity contribution is -0.384. The Morgan fingerprint density at radius 3 is 2.23 bits per heavy atom. The summed E-state index contributed by atoms with van der Waals surface area (Å²) >= 11 is 0. The van der Waals surface area contributed by atoms with Crippen LogP contribution >= 0.6 is 0 Å². The van der Waals surface area contributed by atoms with Crippen LogP contribution in [0, 0.1) is 10.1 Å². The Morgan fingerprint density at radius 2 is 1.77 bits per heavy atom. The summed E-state index contributed by atoms with van der Waals surface area (Å²) in [5.41, 5.74) is -0.773. The Hall–Kier alpha value is -2.64. The topological polar surface area (TPSA) is 108 Å². The number of rotatable bonds is 4. The Kier molecular flexibility index (Phi) is 5.44. The Bertz CT molecular complexity index is 562. The number of nitrogens with one attached hydrogen (secondary N) is 1. The molecule has 0 aliphatic carbocycles. The lowest BCUT2D eigenvalue weighted by atomic mass is 10.2. The highest BCUT2D eigenvalue weighted by Crippen LogP contribution is 2.17. The molecule has 0 radical (unpaired) electrons. The number of hydrogen-bond donors (Lipinski definition) is 1. The summed E-state index contributed by atoms with van der Waals surface area (Å²) in [5, 5.41) is 12.8. The van der Waals surface area contributed by atoms with Gasteiger partial charge in [0, 0.05) is 12.1 Å². The zero-order valence-corrected chi connectivity index (χ0v) is 12.8. The number of ether oxygens (including phenoxy) is 2. The fourth-order valence-electron chi connectivity index (χ4n) is 1.40. The highest BCUT2D eigenvalue weighted by molar-refractivity contribution is 5.81. The lowest BCUT2D eigenvalue weighted by Crippen LogP contribution is -2.43. The Labute approximate surface area is 127 Å². The van der Waals surface area contributed by atoms with E-state index in [1.165, 1.54) is 31.2 Å². The fourth-order valence-corrected chi connectivity index (χ4v) is 1.40. The summed E-state index contributed by atoms with van der Waals surface area (Å²) < 4.78 is 10.0. The summed E-state index contributed by atoms with van der Waals surface area (Å²) in [7, 11) is 0. The normalized spacial score (nSPS) is 12.2. The molecule has 0 spiro atoms. The maximum absolute atomic E-state index is 11.7. The summed E-state index contributed by atoms with van der Waals surface area (Å²) in [5.74, 6) is -0.465. The molecular weight excluding hydrogens is 292 g/mol. The van der Waals surface area contributed by atoms with E-state index in [0.29, 0.717) is 0 Å². The van der Waals surface area contributed by atoms with Gasteiger partial charge in [0.1, 0.15) is 17.4 Å². The van der Waals surface area contributed by atoms with Crippen molar-refractivity contribution in [1.29, 1.82) is 0 Å². The van der Waals surface area contributed by atoms with Crippen LogP contribution < -0.4 is 10.1 Å². The number of carbonyl (C=O) groups excluding carboxylic acids is 2.